The van der Waals surface area contributed by atoms with Crippen molar-refractivity contribution in [3.63, 3.8) is 0 Å². The van der Waals surface area contributed by atoms with Crippen molar-refractivity contribution in [3.05, 3.63) is 83.1 Å². The highest BCUT2D eigenvalue weighted by atomic mass is 16.3. The molecule has 4 amide bonds. The second-order valence-electron chi connectivity index (χ2n) is 7.31. The van der Waals surface area contributed by atoms with Crippen LogP contribution in [0.1, 0.15) is 35.5 Å². The Morgan fingerprint density at radius 2 is 1.66 bits per heavy atom. The summed E-state index contributed by atoms with van der Waals surface area (Å²) in [5.41, 5.74) is 2.55. The number of nitrogens with zero attached hydrogens (tertiary/aromatic N) is 1. The van der Waals surface area contributed by atoms with E-state index in [2.05, 4.69) is 5.32 Å². The summed E-state index contributed by atoms with van der Waals surface area (Å²) < 4.78 is 5.77. The Morgan fingerprint density at radius 1 is 0.969 bits per heavy atom. The Morgan fingerprint density at radius 3 is 2.28 bits per heavy atom. The third-order valence-electron chi connectivity index (χ3n) is 5.19. The van der Waals surface area contributed by atoms with Crippen LogP contribution in [-0.2, 0) is 16.0 Å². The summed E-state index contributed by atoms with van der Waals surface area (Å²) >= 11 is 0. The molecule has 160 valence electrons. The number of ketones is 1. The van der Waals surface area contributed by atoms with Crippen LogP contribution in [0.2, 0.25) is 0 Å². The van der Waals surface area contributed by atoms with E-state index in [0.29, 0.717) is 17.0 Å². The van der Waals surface area contributed by atoms with E-state index in [4.69, 9.17) is 4.42 Å². The van der Waals surface area contributed by atoms with Crippen LogP contribution in [0.5, 0.6) is 0 Å². The molecule has 0 radical (unpaired) electrons. The maximum absolute atomic E-state index is 13.0. The molecule has 7 nitrogen and oxygen atoms in total. The van der Waals surface area contributed by atoms with Gasteiger partial charge in [-0.05, 0) is 49.2 Å². The molecule has 1 aliphatic rings. The number of anilines is 1. The van der Waals surface area contributed by atoms with Gasteiger partial charge in [-0.3, -0.25) is 19.7 Å². The fourth-order valence-electron chi connectivity index (χ4n) is 3.37. The quantitative estimate of drug-likeness (QED) is 0.370. The number of rotatable bonds is 5. The molecule has 1 aliphatic heterocycles. The monoisotopic (exact) mass is 428 g/mol. The molecular formula is C25H20N2O5. The molecule has 3 aromatic rings. The van der Waals surface area contributed by atoms with Crippen LogP contribution in [0.3, 0.4) is 0 Å². The molecule has 0 bridgehead atoms. The second-order valence-corrected chi connectivity index (χ2v) is 7.31. The van der Waals surface area contributed by atoms with Gasteiger partial charge in [0.25, 0.3) is 11.8 Å². The van der Waals surface area contributed by atoms with Crippen LogP contribution < -0.4 is 10.2 Å². The molecule has 1 aromatic heterocycles. The summed E-state index contributed by atoms with van der Waals surface area (Å²) in [5.74, 6) is -0.757. The zero-order valence-electron chi connectivity index (χ0n) is 17.5. The maximum Gasteiger partial charge on any atom is 0.335 e. The number of amides is 4. The number of carbonyl (C=O) groups is 4. The number of imide groups is 2. The van der Waals surface area contributed by atoms with E-state index in [-0.39, 0.29) is 17.1 Å². The van der Waals surface area contributed by atoms with Crippen LogP contribution in [0.25, 0.3) is 17.4 Å². The van der Waals surface area contributed by atoms with Gasteiger partial charge in [0, 0.05) is 11.1 Å². The molecule has 1 saturated heterocycles. The number of urea groups is 1. The Labute approximate surface area is 184 Å². The SMILES string of the molecule is CCc1ccc(N2C(=O)NC(=O)/C(=C/c3ccc(-c4ccc(C(C)=O)cc4)o3)C2=O)cc1. The Balaban J connectivity index is 1.62. The molecule has 0 atom stereocenters. The van der Waals surface area contributed by atoms with Gasteiger partial charge in [0.2, 0.25) is 0 Å². The zero-order valence-corrected chi connectivity index (χ0v) is 17.5. The van der Waals surface area contributed by atoms with Crippen molar-refractivity contribution in [2.75, 3.05) is 4.90 Å². The van der Waals surface area contributed by atoms with Gasteiger partial charge in [-0.2, -0.15) is 0 Å². The summed E-state index contributed by atoms with van der Waals surface area (Å²) in [4.78, 5) is 50.0. The van der Waals surface area contributed by atoms with Crippen molar-refractivity contribution in [1.82, 2.24) is 5.32 Å². The highest BCUT2D eigenvalue weighted by Crippen LogP contribution is 2.26. The van der Waals surface area contributed by atoms with Crippen LogP contribution in [-0.4, -0.2) is 23.6 Å². The predicted octanol–water partition coefficient (Wildman–Crippen LogP) is 4.38. The topological polar surface area (TPSA) is 96.7 Å². The standard InChI is InChI=1S/C25H20N2O5/c1-3-16-4-10-19(11-5-16)27-24(30)21(23(29)26-25(27)31)14-20-12-13-22(32-20)18-8-6-17(7-9-18)15(2)28/h4-14H,3H2,1-2H3,(H,26,29,31)/b21-14-. The summed E-state index contributed by atoms with van der Waals surface area (Å²) in [5, 5.41) is 2.20. The third-order valence-corrected chi connectivity index (χ3v) is 5.19. The zero-order chi connectivity index (χ0) is 22.8. The molecule has 4 rings (SSSR count). The van der Waals surface area contributed by atoms with E-state index in [9.17, 15) is 19.2 Å². The Kier molecular flexibility index (Phi) is 5.55. The fraction of sp³-hybridized carbons (Fsp3) is 0.120. The van der Waals surface area contributed by atoms with Crippen molar-refractivity contribution < 1.29 is 23.6 Å². The molecule has 2 heterocycles. The molecule has 1 N–H and O–H groups in total. The average Bonchev–Trinajstić information content (AvgIpc) is 3.26. The van der Waals surface area contributed by atoms with E-state index in [1.807, 2.05) is 19.1 Å². The lowest BCUT2D eigenvalue weighted by Crippen LogP contribution is -2.54. The first kappa shape index (κ1) is 21.0. The number of barbiturate groups is 1. The first-order valence-corrected chi connectivity index (χ1v) is 10.1. The van der Waals surface area contributed by atoms with Gasteiger partial charge in [0.1, 0.15) is 17.1 Å². The number of hydrogen-bond acceptors (Lipinski definition) is 5. The number of carbonyl (C=O) groups excluding carboxylic acids is 4. The number of furan rings is 1. The summed E-state index contributed by atoms with van der Waals surface area (Å²) in [6, 6.07) is 16.4. The second kappa shape index (κ2) is 8.47. The molecule has 0 unspecified atom stereocenters. The van der Waals surface area contributed by atoms with Gasteiger partial charge in [-0.15, -0.1) is 0 Å². The van der Waals surface area contributed by atoms with Crippen molar-refractivity contribution in [2.45, 2.75) is 20.3 Å². The van der Waals surface area contributed by atoms with Gasteiger partial charge >= 0.3 is 6.03 Å². The minimum Gasteiger partial charge on any atom is -0.457 e. The third kappa shape index (κ3) is 4.00. The van der Waals surface area contributed by atoms with Gasteiger partial charge in [0.05, 0.1) is 5.69 Å². The lowest BCUT2D eigenvalue weighted by Gasteiger charge is -2.26. The van der Waals surface area contributed by atoms with Gasteiger partial charge in [-0.25, -0.2) is 9.69 Å². The fourth-order valence-corrected chi connectivity index (χ4v) is 3.37. The Bertz CT molecular complexity index is 1250. The number of nitrogens with one attached hydrogen (secondary N) is 1. The molecule has 32 heavy (non-hydrogen) atoms. The number of hydrogen-bond donors (Lipinski definition) is 1. The molecule has 0 spiro atoms. The van der Waals surface area contributed by atoms with Gasteiger partial charge in [-0.1, -0.05) is 43.3 Å². The first-order valence-electron chi connectivity index (χ1n) is 10.1. The summed E-state index contributed by atoms with van der Waals surface area (Å²) in [6.07, 6.45) is 2.13. The van der Waals surface area contributed by atoms with Crippen LogP contribution >= 0.6 is 0 Å². The largest absolute Gasteiger partial charge is 0.457 e. The smallest absolute Gasteiger partial charge is 0.335 e. The summed E-state index contributed by atoms with van der Waals surface area (Å²) in [7, 11) is 0. The van der Waals surface area contributed by atoms with Crippen molar-refractivity contribution in [3.8, 4) is 11.3 Å². The van der Waals surface area contributed by atoms with Crippen LogP contribution in [0.15, 0.2) is 70.7 Å². The van der Waals surface area contributed by atoms with E-state index < -0.39 is 17.8 Å². The van der Waals surface area contributed by atoms with Crippen molar-refractivity contribution >= 4 is 35.4 Å². The molecule has 2 aromatic carbocycles. The molecule has 7 heteroatoms. The van der Waals surface area contributed by atoms with Crippen LogP contribution in [0.4, 0.5) is 10.5 Å². The van der Waals surface area contributed by atoms with Crippen molar-refractivity contribution in [2.24, 2.45) is 0 Å². The highest BCUT2D eigenvalue weighted by molar-refractivity contribution is 6.39. The van der Waals surface area contributed by atoms with E-state index in [1.54, 1.807) is 48.5 Å². The lowest BCUT2D eigenvalue weighted by atomic mass is 10.1. The number of Topliss-reactive ketones (excluding diaryl/α,β-unsaturated/α-hetero) is 1. The van der Waals surface area contributed by atoms with E-state index >= 15 is 0 Å². The average molecular weight is 428 g/mol. The lowest BCUT2D eigenvalue weighted by molar-refractivity contribution is -0.122. The molecule has 0 saturated carbocycles. The minimum absolute atomic E-state index is 0.0355. The molecule has 0 aliphatic carbocycles. The predicted molar refractivity (Wildman–Crippen MR) is 119 cm³/mol. The Hall–Kier alpha value is -4.26. The molecular weight excluding hydrogens is 408 g/mol. The number of aryl methyl sites for hydroxylation is 1. The summed E-state index contributed by atoms with van der Waals surface area (Å²) in [6.45, 7) is 3.49. The number of benzene rings is 2. The van der Waals surface area contributed by atoms with E-state index in [1.165, 1.54) is 13.0 Å². The van der Waals surface area contributed by atoms with Gasteiger partial charge in [0.15, 0.2) is 5.78 Å². The van der Waals surface area contributed by atoms with Crippen LogP contribution in [0, 0.1) is 0 Å². The van der Waals surface area contributed by atoms with E-state index in [0.717, 1.165) is 22.4 Å². The maximum atomic E-state index is 13.0. The molecule has 1 fully saturated rings. The minimum atomic E-state index is -0.799. The normalized spacial score (nSPS) is 15.2. The highest BCUT2D eigenvalue weighted by Gasteiger charge is 2.37. The van der Waals surface area contributed by atoms with Crippen molar-refractivity contribution in [1.29, 1.82) is 0 Å². The first-order chi connectivity index (χ1) is 15.4. The van der Waals surface area contributed by atoms with Gasteiger partial charge < -0.3 is 4.42 Å².